The van der Waals surface area contributed by atoms with E-state index in [4.69, 9.17) is 17.3 Å². The fourth-order valence-electron chi connectivity index (χ4n) is 3.79. The Hall–Kier alpha value is -3.51. The molecule has 4 aromatic rings. The number of H-pyrrole nitrogens is 1. The van der Waals surface area contributed by atoms with E-state index in [9.17, 15) is 9.59 Å². The maximum Gasteiger partial charge on any atom is 0.267 e. The van der Waals surface area contributed by atoms with Gasteiger partial charge in [-0.1, -0.05) is 44.5 Å². The van der Waals surface area contributed by atoms with Gasteiger partial charge >= 0.3 is 0 Å². The average molecular weight is 447 g/mol. The molecule has 0 unspecified atom stereocenters. The third-order valence-corrected chi connectivity index (χ3v) is 5.71. The van der Waals surface area contributed by atoms with Crippen LogP contribution in [0.1, 0.15) is 42.4 Å². The van der Waals surface area contributed by atoms with Crippen molar-refractivity contribution in [3.63, 3.8) is 0 Å². The fraction of sp³-hybridized carbons (Fsp3) is 0.200. The number of carbonyl (C=O) groups excluding carboxylic acids is 1. The normalized spacial score (nSPS) is 11.7. The lowest BCUT2D eigenvalue weighted by Gasteiger charge is -2.22. The number of hydrogen-bond acceptors (Lipinski definition) is 4. The molecule has 0 spiro atoms. The minimum absolute atomic E-state index is 0.0931. The molecule has 1 amide bonds. The molecule has 6 nitrogen and oxygen atoms in total. The number of benzene rings is 1. The Kier molecular flexibility index (Phi) is 5.34. The number of nitrogens with two attached hydrogens (primary N) is 1. The van der Waals surface area contributed by atoms with Gasteiger partial charge in [-0.3, -0.25) is 14.6 Å². The van der Waals surface area contributed by atoms with Gasteiger partial charge < -0.3 is 10.7 Å². The SMILES string of the molecule is Cc1cc(C(C)(C)C)c(Cl)cc1-c1cc(=O)c2c(-c3cccc(C(N)=O)n3)nccc2[nH]1. The molecular weight excluding hydrogens is 424 g/mol. The molecule has 0 fully saturated rings. The minimum Gasteiger partial charge on any atom is -0.364 e. The topological polar surface area (TPSA) is 102 Å². The standard InChI is InChI=1S/C25H23ClN4O2/c1-13-10-15(25(2,3)4)16(26)11-14(13)20-12-21(31)22-17(29-20)8-9-28-23(22)18-6-5-7-19(30-18)24(27)32/h5-12H,1-4H3,(H2,27,32)(H,29,31). The van der Waals surface area contributed by atoms with Crippen molar-refractivity contribution in [2.24, 2.45) is 5.73 Å². The fourth-order valence-corrected chi connectivity index (χ4v) is 4.24. The van der Waals surface area contributed by atoms with Crippen molar-refractivity contribution < 1.29 is 4.79 Å². The van der Waals surface area contributed by atoms with Gasteiger partial charge in [-0.2, -0.15) is 0 Å². The quantitative estimate of drug-likeness (QED) is 0.461. The zero-order valence-electron chi connectivity index (χ0n) is 18.3. The van der Waals surface area contributed by atoms with Crippen LogP contribution in [0.3, 0.4) is 0 Å². The summed E-state index contributed by atoms with van der Waals surface area (Å²) in [6.45, 7) is 8.34. The molecule has 0 aliphatic carbocycles. The van der Waals surface area contributed by atoms with E-state index in [1.807, 2.05) is 13.0 Å². The molecule has 0 aliphatic heterocycles. The Morgan fingerprint density at radius 2 is 1.88 bits per heavy atom. The summed E-state index contributed by atoms with van der Waals surface area (Å²) >= 11 is 6.59. The third kappa shape index (κ3) is 3.89. The summed E-state index contributed by atoms with van der Waals surface area (Å²) in [5, 5.41) is 1.04. The van der Waals surface area contributed by atoms with Crippen molar-refractivity contribution >= 4 is 28.4 Å². The number of hydrogen-bond donors (Lipinski definition) is 2. The molecule has 0 aliphatic rings. The van der Waals surface area contributed by atoms with Crippen molar-refractivity contribution in [1.82, 2.24) is 15.0 Å². The van der Waals surface area contributed by atoms with Gasteiger partial charge in [0, 0.05) is 22.8 Å². The van der Waals surface area contributed by atoms with Crippen molar-refractivity contribution in [1.29, 1.82) is 0 Å². The molecular formula is C25H23ClN4O2. The molecule has 4 rings (SSSR count). The van der Waals surface area contributed by atoms with Gasteiger partial charge in [0.25, 0.3) is 5.91 Å². The predicted molar refractivity (Wildman–Crippen MR) is 128 cm³/mol. The van der Waals surface area contributed by atoms with Crippen molar-refractivity contribution in [3.8, 4) is 22.6 Å². The van der Waals surface area contributed by atoms with Crippen LogP contribution in [0, 0.1) is 6.92 Å². The zero-order valence-corrected chi connectivity index (χ0v) is 19.0. The largest absolute Gasteiger partial charge is 0.364 e. The number of nitrogens with one attached hydrogen (secondary N) is 1. The number of fused-ring (bicyclic) bond motifs is 1. The van der Waals surface area contributed by atoms with Crippen LogP contribution in [-0.4, -0.2) is 20.9 Å². The number of carbonyl (C=O) groups is 1. The van der Waals surface area contributed by atoms with Gasteiger partial charge in [-0.15, -0.1) is 0 Å². The molecule has 7 heteroatoms. The van der Waals surface area contributed by atoms with E-state index in [1.165, 1.54) is 6.07 Å². The van der Waals surface area contributed by atoms with E-state index >= 15 is 0 Å². The van der Waals surface area contributed by atoms with Crippen LogP contribution in [0.15, 0.2) is 53.5 Å². The van der Waals surface area contributed by atoms with Crippen molar-refractivity contribution in [3.05, 3.63) is 80.7 Å². The molecule has 0 radical (unpaired) electrons. The lowest BCUT2D eigenvalue weighted by atomic mass is 9.85. The van der Waals surface area contributed by atoms with E-state index in [2.05, 4.69) is 41.8 Å². The summed E-state index contributed by atoms with van der Waals surface area (Å²) in [5.74, 6) is -0.644. The molecule has 162 valence electrons. The number of primary amides is 1. The molecule has 0 saturated carbocycles. The monoisotopic (exact) mass is 446 g/mol. The van der Waals surface area contributed by atoms with Crippen molar-refractivity contribution in [2.75, 3.05) is 0 Å². The Bertz CT molecular complexity index is 1430. The summed E-state index contributed by atoms with van der Waals surface area (Å²) < 4.78 is 0. The third-order valence-electron chi connectivity index (χ3n) is 5.40. The van der Waals surface area contributed by atoms with Gasteiger partial charge in [-0.25, -0.2) is 4.98 Å². The van der Waals surface area contributed by atoms with E-state index < -0.39 is 5.91 Å². The molecule has 0 atom stereocenters. The summed E-state index contributed by atoms with van der Waals surface area (Å²) in [4.78, 5) is 36.7. The summed E-state index contributed by atoms with van der Waals surface area (Å²) in [6, 6.07) is 12.1. The van der Waals surface area contributed by atoms with Gasteiger partial charge in [0.2, 0.25) is 0 Å². The van der Waals surface area contributed by atoms with Crippen molar-refractivity contribution in [2.45, 2.75) is 33.1 Å². The smallest absolute Gasteiger partial charge is 0.267 e. The average Bonchev–Trinajstić information content (AvgIpc) is 2.73. The van der Waals surface area contributed by atoms with Crippen LogP contribution >= 0.6 is 11.6 Å². The molecule has 0 bridgehead atoms. The minimum atomic E-state index is -0.644. The Morgan fingerprint density at radius 1 is 1.12 bits per heavy atom. The number of aryl methyl sites for hydroxylation is 1. The van der Waals surface area contributed by atoms with Crippen LogP contribution < -0.4 is 11.2 Å². The van der Waals surface area contributed by atoms with E-state index in [0.29, 0.717) is 33.0 Å². The number of aromatic nitrogens is 3. The number of aromatic amines is 1. The van der Waals surface area contributed by atoms with E-state index in [-0.39, 0.29) is 16.5 Å². The number of amides is 1. The van der Waals surface area contributed by atoms with Gasteiger partial charge in [0.15, 0.2) is 5.43 Å². The highest BCUT2D eigenvalue weighted by Gasteiger charge is 2.20. The maximum atomic E-state index is 13.2. The molecule has 3 N–H and O–H groups in total. The van der Waals surface area contributed by atoms with Crippen LogP contribution in [0.5, 0.6) is 0 Å². The molecule has 32 heavy (non-hydrogen) atoms. The van der Waals surface area contributed by atoms with Crippen LogP contribution in [0.25, 0.3) is 33.5 Å². The lowest BCUT2D eigenvalue weighted by molar-refractivity contribution is 0.0995. The first-order chi connectivity index (χ1) is 15.1. The molecule has 3 heterocycles. The van der Waals surface area contributed by atoms with Gasteiger partial charge in [0.1, 0.15) is 11.4 Å². The highest BCUT2D eigenvalue weighted by atomic mass is 35.5. The number of halogens is 1. The second-order valence-electron chi connectivity index (χ2n) is 8.80. The second kappa shape index (κ2) is 7.88. The van der Waals surface area contributed by atoms with E-state index in [1.54, 1.807) is 30.5 Å². The first-order valence-corrected chi connectivity index (χ1v) is 10.5. The molecule has 0 saturated heterocycles. The first kappa shape index (κ1) is 21.7. The second-order valence-corrected chi connectivity index (χ2v) is 9.21. The first-order valence-electron chi connectivity index (χ1n) is 10.2. The number of pyridine rings is 3. The van der Waals surface area contributed by atoms with Crippen LogP contribution in [-0.2, 0) is 5.41 Å². The highest BCUT2D eigenvalue weighted by Crippen LogP contribution is 2.35. The molecule has 3 aromatic heterocycles. The van der Waals surface area contributed by atoms with Gasteiger partial charge in [-0.05, 0) is 47.7 Å². The van der Waals surface area contributed by atoms with Crippen LogP contribution in [0.4, 0.5) is 0 Å². The maximum absolute atomic E-state index is 13.2. The predicted octanol–water partition coefficient (Wildman–Crippen LogP) is 5.01. The Balaban J connectivity index is 1.91. The summed E-state index contributed by atoms with van der Waals surface area (Å²) in [6.07, 6.45) is 1.60. The number of rotatable bonds is 3. The Morgan fingerprint density at radius 3 is 2.56 bits per heavy atom. The highest BCUT2D eigenvalue weighted by molar-refractivity contribution is 6.31. The lowest BCUT2D eigenvalue weighted by Crippen LogP contribution is -2.13. The Labute approximate surface area is 190 Å². The van der Waals surface area contributed by atoms with Gasteiger partial charge in [0.05, 0.1) is 22.3 Å². The van der Waals surface area contributed by atoms with E-state index in [0.717, 1.165) is 16.7 Å². The zero-order chi connectivity index (χ0) is 23.2. The summed E-state index contributed by atoms with van der Waals surface area (Å²) in [7, 11) is 0. The molecule has 1 aromatic carbocycles. The van der Waals surface area contributed by atoms with Crippen LogP contribution in [0.2, 0.25) is 5.02 Å². The summed E-state index contributed by atoms with van der Waals surface area (Å²) in [5.41, 5.74) is 10.1. The number of nitrogens with zero attached hydrogens (tertiary/aromatic N) is 2.